The fourth-order valence-electron chi connectivity index (χ4n) is 3.63. The second kappa shape index (κ2) is 11.1. The van der Waals surface area contributed by atoms with Gasteiger partial charge in [-0.15, -0.1) is 0 Å². The molecule has 0 unspecified atom stereocenters. The van der Waals surface area contributed by atoms with E-state index in [1.54, 1.807) is 0 Å². The van der Waals surface area contributed by atoms with Gasteiger partial charge in [-0.1, -0.05) is 24.3 Å². The Kier molecular flexibility index (Phi) is 7.95. The van der Waals surface area contributed by atoms with Gasteiger partial charge in [-0.2, -0.15) is 10.5 Å². The van der Waals surface area contributed by atoms with E-state index < -0.39 is 0 Å². The average molecular weight is 439 g/mol. The summed E-state index contributed by atoms with van der Waals surface area (Å²) in [6, 6.07) is 20.9. The summed E-state index contributed by atoms with van der Waals surface area (Å²) >= 11 is 0. The first-order valence-electron chi connectivity index (χ1n) is 11.0. The Labute approximate surface area is 197 Å². The largest absolute Gasteiger partial charge is 0.466 e. The molecule has 0 saturated carbocycles. The van der Waals surface area contributed by atoms with Crippen molar-refractivity contribution < 1.29 is 4.74 Å². The lowest BCUT2D eigenvalue weighted by Crippen LogP contribution is -2.09. The zero-order valence-corrected chi connectivity index (χ0v) is 19.8. The van der Waals surface area contributed by atoms with Gasteiger partial charge in [-0.05, 0) is 66.0 Å². The van der Waals surface area contributed by atoms with Crippen LogP contribution in [0.3, 0.4) is 0 Å². The Morgan fingerprint density at radius 2 is 1.15 bits per heavy atom. The summed E-state index contributed by atoms with van der Waals surface area (Å²) in [5.41, 5.74) is 5.67. The van der Waals surface area contributed by atoms with Crippen LogP contribution < -0.4 is 9.80 Å². The van der Waals surface area contributed by atoms with Gasteiger partial charge in [0.1, 0.15) is 29.2 Å². The highest BCUT2D eigenvalue weighted by molar-refractivity contribution is 5.48. The predicted molar refractivity (Wildman–Crippen MR) is 134 cm³/mol. The highest BCUT2D eigenvalue weighted by atomic mass is 16.5. The summed E-state index contributed by atoms with van der Waals surface area (Å²) < 4.78 is 6.18. The molecule has 0 amide bonds. The fraction of sp³-hybridized carbons (Fsp3) is 0.286. The standard InChI is InChI=1S/C28H30N4O/c1-31(2)25-11-5-21(6-12-25)9-15-27-17-23(24(19-29)20-30)18-28(33-27)16-10-22-7-13-26(14-8-22)32(3)4/h5-8,11-16H,9-10,17-18H2,1-4H3. The first kappa shape index (κ1) is 23.7. The van der Waals surface area contributed by atoms with Gasteiger partial charge >= 0.3 is 0 Å². The summed E-state index contributed by atoms with van der Waals surface area (Å²) in [4.78, 5) is 4.14. The smallest absolute Gasteiger partial charge is 0.129 e. The van der Waals surface area contributed by atoms with Crippen LogP contribution >= 0.6 is 0 Å². The molecule has 0 N–H and O–H groups in total. The van der Waals surface area contributed by atoms with E-state index >= 15 is 0 Å². The first-order valence-corrected chi connectivity index (χ1v) is 11.0. The van der Waals surface area contributed by atoms with Crippen molar-refractivity contribution >= 4 is 11.4 Å². The number of anilines is 2. The molecule has 0 radical (unpaired) electrons. The molecule has 1 heterocycles. The average Bonchev–Trinajstić information content (AvgIpc) is 2.82. The molecule has 0 spiro atoms. The summed E-state index contributed by atoms with van der Waals surface area (Å²) in [6.45, 7) is 0. The maximum Gasteiger partial charge on any atom is 0.129 e. The molecule has 168 valence electrons. The summed E-state index contributed by atoms with van der Waals surface area (Å²) in [6.07, 6.45) is 6.53. The Bertz CT molecular complexity index is 1050. The van der Waals surface area contributed by atoms with Gasteiger partial charge < -0.3 is 14.5 Å². The van der Waals surface area contributed by atoms with Crippen molar-refractivity contribution in [3.63, 3.8) is 0 Å². The fourth-order valence-corrected chi connectivity index (χ4v) is 3.63. The SMILES string of the molecule is CN(C)c1ccc(CC=C2CC(=C(C#N)C#N)CC(=CCc3ccc(N(C)C)cc3)O2)cc1. The second-order valence-corrected chi connectivity index (χ2v) is 8.53. The minimum absolute atomic E-state index is 0.181. The predicted octanol–water partition coefficient (Wildman–Crippen LogP) is 5.53. The number of ether oxygens (including phenoxy) is 1. The number of nitrogens with zero attached hydrogens (tertiary/aromatic N) is 4. The van der Waals surface area contributed by atoms with Gasteiger partial charge in [0, 0.05) is 52.4 Å². The minimum Gasteiger partial charge on any atom is -0.466 e. The molecular formula is C28H30N4O. The van der Waals surface area contributed by atoms with Gasteiger partial charge in [0.15, 0.2) is 0 Å². The molecule has 0 aliphatic carbocycles. The van der Waals surface area contributed by atoms with Crippen molar-refractivity contribution in [2.75, 3.05) is 38.0 Å². The summed E-state index contributed by atoms with van der Waals surface area (Å²) in [5, 5.41) is 18.8. The molecule has 5 heteroatoms. The van der Waals surface area contributed by atoms with E-state index in [0.717, 1.165) is 41.3 Å². The van der Waals surface area contributed by atoms with Gasteiger partial charge in [-0.3, -0.25) is 0 Å². The van der Waals surface area contributed by atoms with Crippen LogP contribution in [0.15, 0.2) is 83.3 Å². The number of rotatable bonds is 6. The molecule has 33 heavy (non-hydrogen) atoms. The molecule has 0 bridgehead atoms. The van der Waals surface area contributed by atoms with E-state index in [2.05, 4.69) is 70.5 Å². The van der Waals surface area contributed by atoms with Crippen LogP contribution in [-0.4, -0.2) is 28.2 Å². The maximum absolute atomic E-state index is 9.39. The van der Waals surface area contributed by atoms with Crippen LogP contribution in [0.4, 0.5) is 11.4 Å². The van der Waals surface area contributed by atoms with Crippen molar-refractivity contribution in [3.8, 4) is 12.1 Å². The molecule has 3 rings (SSSR count). The molecule has 1 aliphatic rings. The minimum atomic E-state index is 0.181. The Balaban J connectivity index is 1.78. The monoisotopic (exact) mass is 438 g/mol. The van der Waals surface area contributed by atoms with Crippen LogP contribution in [0, 0.1) is 22.7 Å². The van der Waals surface area contributed by atoms with E-state index in [1.165, 1.54) is 11.1 Å². The lowest BCUT2D eigenvalue weighted by molar-refractivity contribution is 0.264. The quantitative estimate of drug-likeness (QED) is 0.555. The molecule has 5 nitrogen and oxygen atoms in total. The topological polar surface area (TPSA) is 63.3 Å². The molecule has 2 aromatic carbocycles. The van der Waals surface area contributed by atoms with Crippen LogP contribution in [0.25, 0.3) is 0 Å². The molecule has 1 fully saturated rings. The highest BCUT2D eigenvalue weighted by Crippen LogP contribution is 2.32. The van der Waals surface area contributed by atoms with Crippen molar-refractivity contribution in [1.29, 1.82) is 10.5 Å². The van der Waals surface area contributed by atoms with Crippen LogP contribution in [0.2, 0.25) is 0 Å². The normalized spacial score (nSPS) is 15.5. The molecule has 1 saturated heterocycles. The molecule has 2 aromatic rings. The summed E-state index contributed by atoms with van der Waals surface area (Å²) in [5.74, 6) is 1.57. The molecular weight excluding hydrogens is 408 g/mol. The van der Waals surface area contributed by atoms with Gasteiger partial charge in [0.25, 0.3) is 0 Å². The van der Waals surface area contributed by atoms with Gasteiger partial charge in [0.05, 0.1) is 0 Å². The van der Waals surface area contributed by atoms with Crippen LogP contribution in [0.5, 0.6) is 0 Å². The highest BCUT2D eigenvalue weighted by Gasteiger charge is 2.20. The van der Waals surface area contributed by atoms with E-state index in [-0.39, 0.29) is 5.57 Å². The lowest BCUT2D eigenvalue weighted by Gasteiger charge is -2.22. The number of hydrogen-bond acceptors (Lipinski definition) is 5. The zero-order chi connectivity index (χ0) is 23.8. The number of nitriles is 2. The number of allylic oxidation sites excluding steroid dienone is 5. The van der Waals surface area contributed by atoms with E-state index in [4.69, 9.17) is 4.74 Å². The maximum atomic E-state index is 9.39. The van der Waals surface area contributed by atoms with Crippen molar-refractivity contribution in [2.24, 2.45) is 0 Å². The van der Waals surface area contributed by atoms with E-state index in [0.29, 0.717) is 12.8 Å². The van der Waals surface area contributed by atoms with Crippen molar-refractivity contribution in [2.45, 2.75) is 25.7 Å². The van der Waals surface area contributed by atoms with Gasteiger partial charge in [-0.25, -0.2) is 0 Å². The Morgan fingerprint density at radius 1 is 0.758 bits per heavy atom. The summed E-state index contributed by atoms with van der Waals surface area (Å²) in [7, 11) is 8.08. The number of hydrogen-bond donors (Lipinski definition) is 0. The third kappa shape index (κ3) is 6.51. The third-order valence-corrected chi connectivity index (χ3v) is 5.65. The Morgan fingerprint density at radius 3 is 1.48 bits per heavy atom. The Hall–Kier alpha value is -3.96. The molecule has 1 aliphatic heterocycles. The molecule has 0 aromatic heterocycles. The second-order valence-electron chi connectivity index (χ2n) is 8.53. The van der Waals surface area contributed by atoms with Crippen LogP contribution in [0.1, 0.15) is 24.0 Å². The van der Waals surface area contributed by atoms with Gasteiger partial charge in [0.2, 0.25) is 0 Å². The third-order valence-electron chi connectivity index (χ3n) is 5.65. The molecule has 0 atom stereocenters. The van der Waals surface area contributed by atoms with Crippen LogP contribution in [-0.2, 0) is 17.6 Å². The van der Waals surface area contributed by atoms with Crippen molar-refractivity contribution in [3.05, 3.63) is 94.5 Å². The zero-order valence-electron chi connectivity index (χ0n) is 19.8. The number of benzene rings is 2. The van der Waals surface area contributed by atoms with E-state index in [9.17, 15) is 10.5 Å². The van der Waals surface area contributed by atoms with Crippen molar-refractivity contribution in [1.82, 2.24) is 0 Å². The lowest BCUT2D eigenvalue weighted by atomic mass is 9.96. The first-order chi connectivity index (χ1) is 15.9. The van der Waals surface area contributed by atoms with E-state index in [1.807, 2.05) is 40.3 Å².